The Labute approximate surface area is 115 Å². The minimum Gasteiger partial charge on any atom is -0.323 e. The van der Waals surface area contributed by atoms with Gasteiger partial charge in [0.15, 0.2) is 0 Å². The van der Waals surface area contributed by atoms with Gasteiger partial charge in [0.2, 0.25) is 5.91 Å². The van der Waals surface area contributed by atoms with E-state index in [1.807, 2.05) is 0 Å². The van der Waals surface area contributed by atoms with Crippen LogP contribution in [-0.2, 0) is 4.79 Å². The minimum absolute atomic E-state index is 0.141. The van der Waals surface area contributed by atoms with Gasteiger partial charge in [-0.05, 0) is 18.2 Å². The van der Waals surface area contributed by atoms with Crippen molar-refractivity contribution in [2.75, 3.05) is 11.1 Å². The molecule has 1 aromatic heterocycles. The molecule has 0 radical (unpaired) electrons. The largest absolute Gasteiger partial charge is 0.323 e. The number of carbonyl (C=O) groups is 1. The second kappa shape index (κ2) is 5.96. The van der Waals surface area contributed by atoms with Crippen LogP contribution in [-0.4, -0.2) is 27.1 Å². The Kier molecular flexibility index (Phi) is 4.32. The van der Waals surface area contributed by atoms with Crippen LogP contribution in [0.4, 0.5) is 10.1 Å². The fourth-order valence-corrected chi connectivity index (χ4v) is 2.09. The molecule has 0 bridgehead atoms. The van der Waals surface area contributed by atoms with Crippen LogP contribution in [0.5, 0.6) is 0 Å². The molecule has 1 amide bonds. The van der Waals surface area contributed by atoms with Crippen LogP contribution >= 0.6 is 27.7 Å². The van der Waals surface area contributed by atoms with E-state index in [4.69, 9.17) is 0 Å². The topological polar surface area (TPSA) is 70.7 Å². The van der Waals surface area contributed by atoms with E-state index in [2.05, 4.69) is 36.7 Å². The normalized spacial score (nSPS) is 10.3. The third-order valence-corrected chi connectivity index (χ3v) is 3.34. The predicted molar refractivity (Wildman–Crippen MR) is 69.8 cm³/mol. The number of amides is 1. The van der Waals surface area contributed by atoms with E-state index in [-0.39, 0.29) is 17.3 Å². The molecule has 1 heterocycles. The third-order valence-electron chi connectivity index (χ3n) is 1.95. The predicted octanol–water partition coefficient (Wildman–Crippen LogP) is 2.44. The van der Waals surface area contributed by atoms with Crippen molar-refractivity contribution in [3.8, 4) is 0 Å². The number of rotatable bonds is 4. The third kappa shape index (κ3) is 3.54. The van der Waals surface area contributed by atoms with Gasteiger partial charge in [-0.2, -0.15) is 10.3 Å². The van der Waals surface area contributed by atoms with Gasteiger partial charge in [0.05, 0.1) is 17.6 Å². The summed E-state index contributed by atoms with van der Waals surface area (Å²) in [5.74, 6) is -0.643. The molecule has 0 saturated heterocycles. The first-order valence-electron chi connectivity index (χ1n) is 4.88. The van der Waals surface area contributed by atoms with Gasteiger partial charge in [-0.3, -0.25) is 4.79 Å². The molecule has 0 atom stereocenters. The number of carbonyl (C=O) groups excluding carboxylic acids is 1. The maximum Gasteiger partial charge on any atom is 0.234 e. The highest BCUT2D eigenvalue weighted by Crippen LogP contribution is 2.20. The summed E-state index contributed by atoms with van der Waals surface area (Å²) in [5.41, 5.74) is 0.156. The fourth-order valence-electron chi connectivity index (χ4n) is 1.18. The van der Waals surface area contributed by atoms with Gasteiger partial charge < -0.3 is 5.32 Å². The molecule has 0 aliphatic heterocycles. The van der Waals surface area contributed by atoms with E-state index >= 15 is 0 Å². The first kappa shape index (κ1) is 13.0. The first-order chi connectivity index (χ1) is 8.65. The zero-order chi connectivity index (χ0) is 13.0. The summed E-state index contributed by atoms with van der Waals surface area (Å²) in [5, 5.41) is 12.9. The minimum atomic E-state index is -0.482. The number of H-pyrrole nitrogens is 1. The number of halogens is 2. The summed E-state index contributed by atoms with van der Waals surface area (Å²) in [7, 11) is 0. The molecule has 8 heteroatoms. The van der Waals surface area contributed by atoms with E-state index in [9.17, 15) is 9.18 Å². The molecular weight excluding hydrogens is 323 g/mol. The molecule has 0 spiro atoms. The molecular formula is C10H8BrFN4OS. The second-order valence-corrected chi connectivity index (χ2v) is 5.18. The molecule has 94 valence electrons. The molecule has 1 aromatic carbocycles. The SMILES string of the molecule is O=C(CSc1cn[nH]n1)Nc1ccc(Br)cc1F. The number of hydrogen-bond donors (Lipinski definition) is 2. The highest BCUT2D eigenvalue weighted by molar-refractivity contribution is 9.10. The zero-order valence-electron chi connectivity index (χ0n) is 8.98. The van der Waals surface area contributed by atoms with Crippen LogP contribution in [0, 0.1) is 5.82 Å². The van der Waals surface area contributed by atoms with Gasteiger partial charge in [-0.15, -0.1) is 5.10 Å². The van der Waals surface area contributed by atoms with Crippen LogP contribution in [0.15, 0.2) is 33.9 Å². The fraction of sp³-hybridized carbons (Fsp3) is 0.100. The number of aromatic amines is 1. The first-order valence-corrected chi connectivity index (χ1v) is 6.66. The Hall–Kier alpha value is -1.41. The van der Waals surface area contributed by atoms with Crippen molar-refractivity contribution in [2.45, 2.75) is 5.03 Å². The molecule has 2 rings (SSSR count). The number of aromatic nitrogens is 3. The van der Waals surface area contributed by atoms with Gasteiger partial charge in [0.25, 0.3) is 0 Å². The Balaban J connectivity index is 1.91. The van der Waals surface area contributed by atoms with Crippen molar-refractivity contribution in [2.24, 2.45) is 0 Å². The van der Waals surface area contributed by atoms with Gasteiger partial charge in [-0.1, -0.05) is 27.7 Å². The standard InChI is InChI=1S/C10H8BrFN4OS/c11-6-1-2-8(7(12)3-6)14-9(17)5-18-10-4-13-16-15-10/h1-4H,5H2,(H,14,17)(H,13,15,16). The highest BCUT2D eigenvalue weighted by Gasteiger charge is 2.08. The number of benzene rings is 1. The number of anilines is 1. The zero-order valence-corrected chi connectivity index (χ0v) is 11.4. The Morgan fingerprint density at radius 1 is 1.56 bits per heavy atom. The monoisotopic (exact) mass is 330 g/mol. The average molecular weight is 331 g/mol. The Morgan fingerprint density at radius 3 is 3.06 bits per heavy atom. The maximum atomic E-state index is 13.4. The summed E-state index contributed by atoms with van der Waals surface area (Å²) >= 11 is 4.36. The van der Waals surface area contributed by atoms with E-state index in [1.54, 1.807) is 6.07 Å². The molecule has 0 aliphatic carbocycles. The molecule has 0 unspecified atom stereocenters. The van der Waals surface area contributed by atoms with Crippen molar-refractivity contribution in [1.29, 1.82) is 0 Å². The highest BCUT2D eigenvalue weighted by atomic mass is 79.9. The van der Waals surface area contributed by atoms with E-state index in [1.165, 1.54) is 30.1 Å². The van der Waals surface area contributed by atoms with Crippen molar-refractivity contribution in [3.63, 3.8) is 0 Å². The van der Waals surface area contributed by atoms with Crippen LogP contribution in [0.25, 0.3) is 0 Å². The summed E-state index contributed by atoms with van der Waals surface area (Å²) in [6, 6.07) is 4.45. The average Bonchev–Trinajstić information content (AvgIpc) is 2.83. The summed E-state index contributed by atoms with van der Waals surface area (Å²) in [6.07, 6.45) is 1.51. The molecule has 18 heavy (non-hydrogen) atoms. The Morgan fingerprint density at radius 2 is 2.39 bits per heavy atom. The van der Waals surface area contributed by atoms with E-state index < -0.39 is 5.82 Å². The molecule has 0 fully saturated rings. The van der Waals surface area contributed by atoms with E-state index in [0.29, 0.717) is 9.50 Å². The smallest absolute Gasteiger partial charge is 0.234 e. The van der Waals surface area contributed by atoms with Crippen LogP contribution in [0.1, 0.15) is 0 Å². The molecule has 2 N–H and O–H groups in total. The van der Waals surface area contributed by atoms with E-state index in [0.717, 1.165) is 0 Å². The van der Waals surface area contributed by atoms with Crippen molar-refractivity contribution >= 4 is 39.3 Å². The number of hydrogen-bond acceptors (Lipinski definition) is 4. The molecule has 0 saturated carbocycles. The number of nitrogens with one attached hydrogen (secondary N) is 2. The van der Waals surface area contributed by atoms with Crippen molar-refractivity contribution in [3.05, 3.63) is 34.7 Å². The number of nitrogens with zero attached hydrogens (tertiary/aromatic N) is 2. The van der Waals surface area contributed by atoms with Crippen LogP contribution in [0.2, 0.25) is 0 Å². The summed E-state index contributed by atoms with van der Waals surface area (Å²) in [6.45, 7) is 0. The lowest BCUT2D eigenvalue weighted by Crippen LogP contribution is -2.15. The molecule has 2 aromatic rings. The van der Waals surface area contributed by atoms with Gasteiger partial charge in [-0.25, -0.2) is 4.39 Å². The Bertz CT molecular complexity index is 549. The maximum absolute atomic E-state index is 13.4. The lowest BCUT2D eigenvalue weighted by Gasteiger charge is -2.05. The van der Waals surface area contributed by atoms with Crippen molar-refractivity contribution in [1.82, 2.24) is 15.4 Å². The van der Waals surface area contributed by atoms with Gasteiger partial charge in [0.1, 0.15) is 10.8 Å². The quantitative estimate of drug-likeness (QED) is 0.844. The second-order valence-electron chi connectivity index (χ2n) is 3.27. The van der Waals surface area contributed by atoms with Crippen LogP contribution in [0.3, 0.4) is 0 Å². The summed E-state index contributed by atoms with van der Waals surface area (Å²) < 4.78 is 14.1. The lowest BCUT2D eigenvalue weighted by molar-refractivity contribution is -0.113. The summed E-state index contributed by atoms with van der Waals surface area (Å²) in [4.78, 5) is 11.6. The van der Waals surface area contributed by atoms with Gasteiger partial charge >= 0.3 is 0 Å². The number of thioether (sulfide) groups is 1. The van der Waals surface area contributed by atoms with Crippen molar-refractivity contribution < 1.29 is 9.18 Å². The van der Waals surface area contributed by atoms with Crippen LogP contribution < -0.4 is 5.32 Å². The van der Waals surface area contributed by atoms with Gasteiger partial charge in [0, 0.05) is 4.47 Å². The molecule has 5 nitrogen and oxygen atoms in total. The lowest BCUT2D eigenvalue weighted by atomic mass is 10.3. The molecule has 0 aliphatic rings.